The summed E-state index contributed by atoms with van der Waals surface area (Å²) < 4.78 is 1.99. The largest absolute Gasteiger partial charge is 0.311 e. The van der Waals surface area contributed by atoms with Crippen molar-refractivity contribution in [3.05, 3.63) is 24.3 Å². The third-order valence-electron chi connectivity index (χ3n) is 1.44. The van der Waals surface area contributed by atoms with Gasteiger partial charge in [0, 0.05) is 6.21 Å². The van der Waals surface area contributed by atoms with Crippen LogP contribution in [-0.2, 0) is 6.67 Å². The molecule has 0 N–H and O–H groups in total. The summed E-state index contributed by atoms with van der Waals surface area (Å²) in [7, 11) is 0. The van der Waals surface area contributed by atoms with Crippen molar-refractivity contribution in [2.24, 2.45) is 4.99 Å². The monoisotopic (exact) mass is 133 g/mol. The van der Waals surface area contributed by atoms with Gasteiger partial charge in [0.15, 0.2) is 0 Å². The number of rotatable bonds is 0. The van der Waals surface area contributed by atoms with Crippen LogP contribution in [0.2, 0.25) is 0 Å². The molecule has 1 aromatic heterocycles. The molecule has 0 aromatic carbocycles. The van der Waals surface area contributed by atoms with Gasteiger partial charge in [-0.1, -0.05) is 0 Å². The molecule has 1 aromatic rings. The van der Waals surface area contributed by atoms with Crippen molar-refractivity contribution < 1.29 is 0 Å². The molecule has 0 unspecified atom stereocenters. The molecule has 3 heteroatoms. The number of hydrogen-bond donors (Lipinski definition) is 0. The Labute approximate surface area is 58.7 Å². The molecule has 2 rings (SSSR count). The molecular weight excluding hydrogens is 126 g/mol. The number of nitrogens with zero attached hydrogens (tertiary/aromatic N) is 3. The van der Waals surface area contributed by atoms with Crippen molar-refractivity contribution in [1.82, 2.24) is 9.55 Å². The SMILES string of the molecule is C1=Cc2cncn2CN=C1. The zero-order valence-electron chi connectivity index (χ0n) is 5.44. The normalized spacial score (nSPS) is 14.8. The molecule has 0 atom stereocenters. The molecule has 0 saturated heterocycles. The van der Waals surface area contributed by atoms with Gasteiger partial charge in [-0.25, -0.2) is 4.98 Å². The first-order chi connectivity index (χ1) is 4.97. The molecule has 50 valence electrons. The first-order valence-electron chi connectivity index (χ1n) is 3.13. The first kappa shape index (κ1) is 5.41. The smallest absolute Gasteiger partial charge is 0.115 e. The van der Waals surface area contributed by atoms with E-state index in [0.29, 0.717) is 6.67 Å². The standard InChI is InChI=1S/C7H7N3/c1-2-7-4-9-6-10(7)5-8-3-1/h1-4,6H,5H2. The van der Waals surface area contributed by atoms with Crippen molar-refractivity contribution in [2.45, 2.75) is 6.67 Å². The highest BCUT2D eigenvalue weighted by Crippen LogP contribution is 2.03. The van der Waals surface area contributed by atoms with E-state index < -0.39 is 0 Å². The highest BCUT2D eigenvalue weighted by Gasteiger charge is 1.96. The molecular formula is C7H7N3. The lowest BCUT2D eigenvalue weighted by Crippen LogP contribution is -1.93. The Hall–Kier alpha value is -1.38. The third-order valence-corrected chi connectivity index (χ3v) is 1.44. The lowest BCUT2D eigenvalue weighted by molar-refractivity contribution is 0.732. The second kappa shape index (κ2) is 2.10. The molecule has 10 heavy (non-hydrogen) atoms. The van der Waals surface area contributed by atoms with Crippen LogP contribution in [0.25, 0.3) is 6.08 Å². The highest BCUT2D eigenvalue weighted by atomic mass is 15.1. The number of allylic oxidation sites excluding steroid dienone is 1. The summed E-state index contributed by atoms with van der Waals surface area (Å²) in [5.41, 5.74) is 1.11. The van der Waals surface area contributed by atoms with E-state index in [1.54, 1.807) is 12.5 Å². The van der Waals surface area contributed by atoms with Crippen LogP contribution in [0.5, 0.6) is 0 Å². The fourth-order valence-electron chi connectivity index (χ4n) is 0.926. The molecule has 0 saturated carbocycles. The summed E-state index contributed by atoms with van der Waals surface area (Å²) in [4.78, 5) is 8.08. The van der Waals surface area contributed by atoms with E-state index in [-0.39, 0.29) is 0 Å². The van der Waals surface area contributed by atoms with E-state index >= 15 is 0 Å². The number of fused-ring (bicyclic) bond motifs is 1. The lowest BCUT2D eigenvalue weighted by Gasteiger charge is -1.95. The quantitative estimate of drug-likeness (QED) is 0.518. The fraction of sp³-hybridized carbons (Fsp3) is 0.143. The molecule has 1 aliphatic heterocycles. The van der Waals surface area contributed by atoms with E-state index in [0.717, 1.165) is 5.69 Å². The minimum Gasteiger partial charge on any atom is -0.311 e. The van der Waals surface area contributed by atoms with Gasteiger partial charge >= 0.3 is 0 Å². The van der Waals surface area contributed by atoms with E-state index in [9.17, 15) is 0 Å². The van der Waals surface area contributed by atoms with E-state index in [2.05, 4.69) is 9.98 Å². The average Bonchev–Trinajstić information content (AvgIpc) is 2.28. The van der Waals surface area contributed by atoms with Crippen LogP contribution in [0.4, 0.5) is 0 Å². The Kier molecular flexibility index (Phi) is 1.13. The predicted octanol–water partition coefficient (Wildman–Crippen LogP) is 0.938. The van der Waals surface area contributed by atoms with Crippen LogP contribution >= 0.6 is 0 Å². The van der Waals surface area contributed by atoms with Crippen molar-refractivity contribution in [1.29, 1.82) is 0 Å². The highest BCUT2D eigenvalue weighted by molar-refractivity contribution is 5.78. The van der Waals surface area contributed by atoms with Gasteiger partial charge in [0.25, 0.3) is 0 Å². The summed E-state index contributed by atoms with van der Waals surface area (Å²) in [6.07, 6.45) is 9.31. The number of aliphatic imine (C=N–C) groups is 1. The maximum atomic E-state index is 4.10. The minimum atomic E-state index is 0.683. The van der Waals surface area contributed by atoms with Gasteiger partial charge in [-0.05, 0) is 12.2 Å². The van der Waals surface area contributed by atoms with Crippen LogP contribution in [0.3, 0.4) is 0 Å². The molecule has 0 spiro atoms. The lowest BCUT2D eigenvalue weighted by atomic mass is 10.4. The van der Waals surface area contributed by atoms with Gasteiger partial charge in [0.1, 0.15) is 6.67 Å². The molecule has 0 amide bonds. The van der Waals surface area contributed by atoms with E-state index in [4.69, 9.17) is 0 Å². The fourth-order valence-corrected chi connectivity index (χ4v) is 0.926. The Bertz CT molecular complexity index is 283. The third kappa shape index (κ3) is 0.757. The van der Waals surface area contributed by atoms with Gasteiger partial charge in [-0.3, -0.25) is 4.99 Å². The maximum absolute atomic E-state index is 4.10. The zero-order valence-corrected chi connectivity index (χ0v) is 5.44. The van der Waals surface area contributed by atoms with Gasteiger partial charge in [0.05, 0.1) is 18.2 Å². The Morgan fingerprint density at radius 2 is 2.50 bits per heavy atom. The second-order valence-corrected chi connectivity index (χ2v) is 2.12. The van der Waals surface area contributed by atoms with Crippen molar-refractivity contribution >= 4 is 12.3 Å². The summed E-state index contributed by atoms with van der Waals surface area (Å²) in [5.74, 6) is 0. The first-order valence-corrected chi connectivity index (χ1v) is 3.13. The maximum Gasteiger partial charge on any atom is 0.115 e. The molecule has 0 radical (unpaired) electrons. The summed E-state index contributed by atoms with van der Waals surface area (Å²) in [6.45, 7) is 0.683. The number of hydrogen-bond acceptors (Lipinski definition) is 2. The van der Waals surface area contributed by atoms with Gasteiger partial charge in [-0.15, -0.1) is 0 Å². The average molecular weight is 133 g/mol. The van der Waals surface area contributed by atoms with Gasteiger partial charge in [-0.2, -0.15) is 0 Å². The van der Waals surface area contributed by atoms with Crippen molar-refractivity contribution in [2.75, 3.05) is 0 Å². The van der Waals surface area contributed by atoms with Crippen LogP contribution in [-0.4, -0.2) is 15.8 Å². The summed E-state index contributed by atoms with van der Waals surface area (Å²) in [5, 5.41) is 0. The molecule has 0 bridgehead atoms. The molecule has 0 fully saturated rings. The molecule has 1 aliphatic rings. The Morgan fingerprint density at radius 3 is 3.50 bits per heavy atom. The molecule has 0 aliphatic carbocycles. The van der Waals surface area contributed by atoms with Gasteiger partial charge < -0.3 is 4.57 Å². The van der Waals surface area contributed by atoms with Crippen LogP contribution in [0, 0.1) is 0 Å². The van der Waals surface area contributed by atoms with Gasteiger partial charge in [0.2, 0.25) is 0 Å². The van der Waals surface area contributed by atoms with E-state index in [1.807, 2.05) is 22.9 Å². The molecule has 3 nitrogen and oxygen atoms in total. The number of aromatic nitrogens is 2. The van der Waals surface area contributed by atoms with Crippen LogP contribution in [0.15, 0.2) is 23.6 Å². The second-order valence-electron chi connectivity index (χ2n) is 2.12. The topological polar surface area (TPSA) is 30.2 Å². The Morgan fingerprint density at radius 1 is 1.50 bits per heavy atom. The predicted molar refractivity (Wildman–Crippen MR) is 39.8 cm³/mol. The van der Waals surface area contributed by atoms with Crippen molar-refractivity contribution in [3.8, 4) is 0 Å². The summed E-state index contributed by atoms with van der Waals surface area (Å²) >= 11 is 0. The number of imidazole rings is 1. The minimum absolute atomic E-state index is 0.683. The summed E-state index contributed by atoms with van der Waals surface area (Å²) in [6, 6.07) is 0. The zero-order chi connectivity index (χ0) is 6.81. The Balaban J connectivity index is 2.50. The van der Waals surface area contributed by atoms with E-state index in [1.165, 1.54) is 0 Å². The molecule has 2 heterocycles. The van der Waals surface area contributed by atoms with Crippen LogP contribution < -0.4 is 0 Å². The van der Waals surface area contributed by atoms with Crippen molar-refractivity contribution in [3.63, 3.8) is 0 Å². The van der Waals surface area contributed by atoms with Crippen LogP contribution in [0.1, 0.15) is 5.69 Å².